The van der Waals surface area contributed by atoms with Crippen LogP contribution in [0.25, 0.3) is 0 Å². The van der Waals surface area contributed by atoms with Gasteiger partial charge in [-0.05, 0) is 30.3 Å². The fourth-order valence-corrected chi connectivity index (χ4v) is 2.81. The molecule has 2 aromatic rings. The first kappa shape index (κ1) is 15.2. The van der Waals surface area contributed by atoms with Crippen LogP contribution in [-0.2, 0) is 4.79 Å². The molecule has 0 aliphatic carbocycles. The van der Waals surface area contributed by atoms with Gasteiger partial charge in [0.2, 0.25) is 5.91 Å². The van der Waals surface area contributed by atoms with E-state index in [0.717, 1.165) is 0 Å². The van der Waals surface area contributed by atoms with Gasteiger partial charge in [0, 0.05) is 16.3 Å². The third-order valence-electron chi connectivity index (χ3n) is 2.62. The highest BCUT2D eigenvalue weighted by Gasteiger charge is 2.09. The number of halogens is 1. The average molecular weight is 318 g/mol. The number of nitrogens with two attached hydrogens (primary N) is 1. The Balaban J connectivity index is 1.98. The molecule has 0 aromatic heterocycles. The summed E-state index contributed by atoms with van der Waals surface area (Å²) in [6, 6.07) is 14.0. The lowest BCUT2D eigenvalue weighted by molar-refractivity contribution is -0.113. The highest BCUT2D eigenvalue weighted by Crippen LogP contribution is 2.32. The lowest BCUT2D eigenvalue weighted by Gasteiger charge is -2.08. The number of hydrogen-bond acceptors (Lipinski definition) is 4. The van der Waals surface area contributed by atoms with Crippen molar-refractivity contribution in [2.75, 3.05) is 16.8 Å². The second-order valence-corrected chi connectivity index (χ2v) is 5.58. The monoisotopic (exact) mass is 317 g/mol. The zero-order valence-electron chi connectivity index (χ0n) is 11.0. The van der Waals surface area contributed by atoms with Crippen molar-refractivity contribution in [2.24, 2.45) is 0 Å². The molecule has 0 bridgehead atoms. The minimum absolute atomic E-state index is 0.185. The molecule has 6 heteroatoms. The number of nitrogen functional groups attached to an aromatic ring is 1. The summed E-state index contributed by atoms with van der Waals surface area (Å²) in [4.78, 5) is 12.6. The Morgan fingerprint density at radius 2 is 2.10 bits per heavy atom. The highest BCUT2D eigenvalue weighted by molar-refractivity contribution is 8.00. The fraction of sp³-hybridized carbons (Fsp3) is 0.0667. The van der Waals surface area contributed by atoms with E-state index in [2.05, 4.69) is 5.32 Å². The molecule has 106 valence electrons. The van der Waals surface area contributed by atoms with E-state index < -0.39 is 0 Å². The fourth-order valence-electron chi connectivity index (χ4n) is 1.68. The highest BCUT2D eigenvalue weighted by atomic mass is 35.5. The largest absolute Gasteiger partial charge is 0.398 e. The van der Waals surface area contributed by atoms with Gasteiger partial charge in [-0.25, -0.2) is 0 Å². The molecule has 0 heterocycles. The standard InChI is InChI=1S/C15H12ClN3OS/c16-12-5-2-6-13(18)15(12)21-9-14(20)19-11-4-1-3-10(7-11)8-17/h1-7H,9,18H2,(H,19,20). The lowest BCUT2D eigenvalue weighted by Crippen LogP contribution is -2.14. The summed E-state index contributed by atoms with van der Waals surface area (Å²) in [5.74, 6) is -0.000499. The summed E-state index contributed by atoms with van der Waals surface area (Å²) in [5, 5.41) is 12.1. The van der Waals surface area contributed by atoms with Gasteiger partial charge in [-0.15, -0.1) is 11.8 Å². The predicted molar refractivity (Wildman–Crippen MR) is 86.4 cm³/mol. The summed E-state index contributed by atoms with van der Waals surface area (Å²) in [6.45, 7) is 0. The van der Waals surface area contributed by atoms with E-state index in [4.69, 9.17) is 22.6 Å². The van der Waals surface area contributed by atoms with Crippen molar-refractivity contribution in [3.05, 3.63) is 53.1 Å². The molecule has 3 N–H and O–H groups in total. The number of carbonyl (C=O) groups excluding carboxylic acids is 1. The molecule has 0 saturated carbocycles. The number of benzene rings is 2. The van der Waals surface area contributed by atoms with Gasteiger partial charge in [-0.3, -0.25) is 4.79 Å². The van der Waals surface area contributed by atoms with Crippen LogP contribution in [0, 0.1) is 11.3 Å². The van der Waals surface area contributed by atoms with Crippen LogP contribution < -0.4 is 11.1 Å². The summed E-state index contributed by atoms with van der Waals surface area (Å²) in [5.41, 5.74) is 7.46. The number of nitriles is 1. The van der Waals surface area contributed by atoms with Gasteiger partial charge in [0.25, 0.3) is 0 Å². The molecular formula is C15H12ClN3OS. The van der Waals surface area contributed by atoms with Gasteiger partial charge in [0.15, 0.2) is 0 Å². The molecule has 0 spiro atoms. The molecule has 2 aromatic carbocycles. The quantitative estimate of drug-likeness (QED) is 0.668. The van der Waals surface area contributed by atoms with E-state index in [0.29, 0.717) is 26.9 Å². The van der Waals surface area contributed by atoms with Crippen LogP contribution in [0.4, 0.5) is 11.4 Å². The summed E-state index contributed by atoms with van der Waals surface area (Å²) in [7, 11) is 0. The number of carbonyl (C=O) groups is 1. The third kappa shape index (κ3) is 4.15. The summed E-state index contributed by atoms with van der Waals surface area (Å²) < 4.78 is 0. The Morgan fingerprint density at radius 3 is 2.81 bits per heavy atom. The van der Waals surface area contributed by atoms with Gasteiger partial charge in [-0.1, -0.05) is 23.7 Å². The Morgan fingerprint density at radius 1 is 1.33 bits per heavy atom. The minimum atomic E-state index is -0.186. The van der Waals surface area contributed by atoms with Gasteiger partial charge < -0.3 is 11.1 Å². The van der Waals surface area contributed by atoms with E-state index >= 15 is 0 Å². The second kappa shape index (κ2) is 7.02. The normalized spacial score (nSPS) is 9.90. The van der Waals surface area contributed by atoms with Crippen molar-refractivity contribution >= 4 is 40.6 Å². The second-order valence-electron chi connectivity index (χ2n) is 4.19. The maximum Gasteiger partial charge on any atom is 0.234 e. The predicted octanol–water partition coefficient (Wildman–Crippen LogP) is 3.52. The van der Waals surface area contributed by atoms with Crippen LogP contribution in [0.15, 0.2) is 47.4 Å². The number of nitrogens with one attached hydrogen (secondary N) is 1. The maximum absolute atomic E-state index is 11.9. The number of rotatable bonds is 4. The van der Waals surface area contributed by atoms with Gasteiger partial charge >= 0.3 is 0 Å². The average Bonchev–Trinajstić information content (AvgIpc) is 2.47. The molecule has 4 nitrogen and oxygen atoms in total. The van der Waals surface area contributed by atoms with Crippen LogP contribution in [0.5, 0.6) is 0 Å². The van der Waals surface area contributed by atoms with E-state index in [1.165, 1.54) is 11.8 Å². The first-order chi connectivity index (χ1) is 10.1. The number of nitrogens with zero attached hydrogens (tertiary/aromatic N) is 1. The van der Waals surface area contributed by atoms with Crippen LogP contribution in [0.2, 0.25) is 5.02 Å². The smallest absolute Gasteiger partial charge is 0.234 e. The van der Waals surface area contributed by atoms with Crippen molar-refractivity contribution in [2.45, 2.75) is 4.90 Å². The maximum atomic E-state index is 11.9. The van der Waals surface area contributed by atoms with E-state index in [9.17, 15) is 4.79 Å². The molecule has 0 fully saturated rings. The molecule has 0 aliphatic rings. The Bertz CT molecular complexity index is 692. The Kier molecular flexibility index (Phi) is 5.09. The third-order valence-corrected chi connectivity index (χ3v) is 4.20. The zero-order chi connectivity index (χ0) is 15.2. The zero-order valence-corrected chi connectivity index (χ0v) is 12.5. The number of thioether (sulfide) groups is 1. The molecule has 0 atom stereocenters. The summed E-state index contributed by atoms with van der Waals surface area (Å²) >= 11 is 7.32. The lowest BCUT2D eigenvalue weighted by atomic mass is 10.2. The van der Waals surface area contributed by atoms with Crippen molar-refractivity contribution in [3.63, 3.8) is 0 Å². The van der Waals surface area contributed by atoms with E-state index in [1.807, 2.05) is 6.07 Å². The SMILES string of the molecule is N#Cc1cccc(NC(=O)CSc2c(N)cccc2Cl)c1. The van der Waals surface area contributed by atoms with Crippen molar-refractivity contribution in [1.82, 2.24) is 0 Å². The molecule has 2 rings (SSSR count). The molecule has 21 heavy (non-hydrogen) atoms. The van der Waals surface area contributed by atoms with Crippen molar-refractivity contribution < 1.29 is 4.79 Å². The first-order valence-corrected chi connectivity index (χ1v) is 7.43. The molecule has 1 amide bonds. The topological polar surface area (TPSA) is 78.9 Å². The van der Waals surface area contributed by atoms with Crippen LogP contribution in [0.3, 0.4) is 0 Å². The molecular weight excluding hydrogens is 306 g/mol. The molecule has 0 aliphatic heterocycles. The molecule has 0 saturated heterocycles. The minimum Gasteiger partial charge on any atom is -0.398 e. The Hall–Kier alpha value is -2.16. The van der Waals surface area contributed by atoms with E-state index in [-0.39, 0.29) is 11.7 Å². The van der Waals surface area contributed by atoms with Crippen molar-refractivity contribution in [1.29, 1.82) is 5.26 Å². The number of anilines is 2. The molecule has 0 radical (unpaired) electrons. The van der Waals surface area contributed by atoms with Crippen LogP contribution >= 0.6 is 23.4 Å². The van der Waals surface area contributed by atoms with Gasteiger partial charge in [-0.2, -0.15) is 5.26 Å². The van der Waals surface area contributed by atoms with Gasteiger partial charge in [0.05, 0.1) is 22.4 Å². The summed E-state index contributed by atoms with van der Waals surface area (Å²) in [6.07, 6.45) is 0. The Labute approximate surface area is 131 Å². The number of amides is 1. The van der Waals surface area contributed by atoms with Crippen LogP contribution in [-0.4, -0.2) is 11.7 Å². The van der Waals surface area contributed by atoms with Gasteiger partial charge in [0.1, 0.15) is 0 Å². The van der Waals surface area contributed by atoms with E-state index in [1.54, 1.807) is 42.5 Å². The van der Waals surface area contributed by atoms with Crippen molar-refractivity contribution in [3.8, 4) is 6.07 Å². The first-order valence-electron chi connectivity index (χ1n) is 6.07. The molecule has 0 unspecified atom stereocenters. The van der Waals surface area contributed by atoms with Crippen LogP contribution in [0.1, 0.15) is 5.56 Å². The number of hydrogen-bond donors (Lipinski definition) is 2.